The van der Waals surface area contributed by atoms with E-state index in [4.69, 9.17) is 5.73 Å². The lowest BCUT2D eigenvalue weighted by molar-refractivity contribution is 0.652. The second kappa shape index (κ2) is 3.72. The van der Waals surface area contributed by atoms with Gasteiger partial charge in [0.15, 0.2) is 0 Å². The molecule has 0 amide bonds. The Hall–Kier alpha value is -1.13. The summed E-state index contributed by atoms with van der Waals surface area (Å²) in [6, 6.07) is 6.10. The number of hydrogen-bond donors (Lipinski definition) is 1. The Kier molecular flexibility index (Phi) is 2.42. The molecule has 0 aliphatic heterocycles. The molecular formula is C9H11N3S. The summed E-state index contributed by atoms with van der Waals surface area (Å²) in [6.45, 7) is 1.38. The number of aromatic nitrogens is 2. The number of nitrogens with two attached hydrogens (primary N) is 1. The highest BCUT2D eigenvalue weighted by atomic mass is 32.1. The van der Waals surface area contributed by atoms with Gasteiger partial charge >= 0.3 is 0 Å². The smallest absolute Gasteiger partial charge is 0.0755 e. The maximum atomic E-state index is 5.57. The molecule has 2 aromatic heterocycles. The van der Waals surface area contributed by atoms with Crippen LogP contribution in [0.1, 0.15) is 10.6 Å². The molecule has 2 heterocycles. The lowest BCUT2D eigenvalue weighted by atomic mass is 10.4. The normalized spacial score (nSPS) is 10.5. The molecule has 0 aliphatic carbocycles. The topological polar surface area (TPSA) is 43.8 Å². The zero-order chi connectivity index (χ0) is 9.10. The van der Waals surface area contributed by atoms with Crippen molar-refractivity contribution in [2.45, 2.75) is 13.1 Å². The Morgan fingerprint density at radius 1 is 1.46 bits per heavy atom. The van der Waals surface area contributed by atoms with Crippen LogP contribution in [-0.4, -0.2) is 9.78 Å². The SMILES string of the molecule is NCc1ccnn1Cc1cccs1. The molecule has 0 aliphatic rings. The largest absolute Gasteiger partial charge is 0.325 e. The molecule has 0 spiro atoms. The molecule has 0 atom stereocenters. The highest BCUT2D eigenvalue weighted by Crippen LogP contribution is 2.11. The standard InChI is InChI=1S/C9H11N3S/c10-6-8-3-4-11-12(8)7-9-2-1-5-13-9/h1-5H,6-7,10H2. The van der Waals surface area contributed by atoms with E-state index in [-0.39, 0.29) is 0 Å². The Morgan fingerprint density at radius 3 is 3.08 bits per heavy atom. The third kappa shape index (κ3) is 1.79. The van der Waals surface area contributed by atoms with Crippen LogP contribution in [-0.2, 0) is 13.1 Å². The maximum absolute atomic E-state index is 5.57. The summed E-state index contributed by atoms with van der Waals surface area (Å²) < 4.78 is 1.94. The fourth-order valence-corrected chi connectivity index (χ4v) is 1.91. The Balaban J connectivity index is 2.18. The molecule has 0 bridgehead atoms. The fraction of sp³-hybridized carbons (Fsp3) is 0.222. The second-order valence-corrected chi connectivity index (χ2v) is 3.80. The van der Waals surface area contributed by atoms with Gasteiger partial charge in [0.25, 0.3) is 0 Å². The molecule has 3 nitrogen and oxygen atoms in total. The quantitative estimate of drug-likeness (QED) is 0.801. The van der Waals surface area contributed by atoms with Crippen LogP contribution in [0.4, 0.5) is 0 Å². The van der Waals surface area contributed by atoms with Gasteiger partial charge in [-0.1, -0.05) is 6.07 Å². The fourth-order valence-electron chi connectivity index (χ4n) is 1.23. The predicted octanol–water partition coefficient (Wildman–Crippen LogP) is 1.45. The van der Waals surface area contributed by atoms with Gasteiger partial charge in [0.2, 0.25) is 0 Å². The van der Waals surface area contributed by atoms with Gasteiger partial charge in [-0.2, -0.15) is 5.10 Å². The molecule has 68 valence electrons. The molecule has 2 aromatic rings. The van der Waals surface area contributed by atoms with Crippen molar-refractivity contribution in [3.63, 3.8) is 0 Å². The molecule has 2 N–H and O–H groups in total. The van der Waals surface area contributed by atoms with Crippen LogP contribution in [0.5, 0.6) is 0 Å². The lowest BCUT2D eigenvalue weighted by Gasteiger charge is -2.02. The third-order valence-corrected chi connectivity index (χ3v) is 2.76. The van der Waals surface area contributed by atoms with Crippen LogP contribution in [0, 0.1) is 0 Å². The van der Waals surface area contributed by atoms with Gasteiger partial charge in [-0.25, -0.2) is 0 Å². The second-order valence-electron chi connectivity index (χ2n) is 2.76. The molecule has 4 heteroatoms. The van der Waals surface area contributed by atoms with E-state index in [2.05, 4.69) is 16.5 Å². The van der Waals surface area contributed by atoms with E-state index in [1.807, 2.05) is 16.8 Å². The van der Waals surface area contributed by atoms with E-state index in [9.17, 15) is 0 Å². The molecule has 0 unspecified atom stereocenters. The molecule has 13 heavy (non-hydrogen) atoms. The molecule has 0 aromatic carbocycles. The summed E-state index contributed by atoms with van der Waals surface area (Å²) in [5, 5.41) is 6.28. The molecule has 0 saturated heterocycles. The van der Waals surface area contributed by atoms with Crippen LogP contribution in [0.15, 0.2) is 29.8 Å². The number of nitrogens with zero attached hydrogens (tertiary/aromatic N) is 2. The van der Waals surface area contributed by atoms with E-state index in [0.29, 0.717) is 6.54 Å². The number of hydrogen-bond acceptors (Lipinski definition) is 3. The van der Waals surface area contributed by atoms with Crippen molar-refractivity contribution < 1.29 is 0 Å². The highest BCUT2D eigenvalue weighted by molar-refractivity contribution is 7.09. The van der Waals surface area contributed by atoms with Gasteiger partial charge in [-0.05, 0) is 17.5 Å². The Labute approximate surface area is 80.8 Å². The Bertz CT molecular complexity index is 364. The van der Waals surface area contributed by atoms with Gasteiger partial charge in [-0.15, -0.1) is 11.3 Å². The van der Waals surface area contributed by atoms with Gasteiger partial charge < -0.3 is 5.73 Å². The van der Waals surface area contributed by atoms with Crippen molar-refractivity contribution in [1.82, 2.24) is 9.78 Å². The Morgan fingerprint density at radius 2 is 2.38 bits per heavy atom. The minimum atomic E-state index is 0.547. The summed E-state index contributed by atoms with van der Waals surface area (Å²) in [5.41, 5.74) is 6.64. The van der Waals surface area contributed by atoms with E-state index < -0.39 is 0 Å². The summed E-state index contributed by atoms with van der Waals surface area (Å²) in [4.78, 5) is 1.30. The zero-order valence-corrected chi connectivity index (χ0v) is 8.00. The monoisotopic (exact) mass is 193 g/mol. The van der Waals surface area contributed by atoms with Crippen molar-refractivity contribution in [3.05, 3.63) is 40.3 Å². The lowest BCUT2D eigenvalue weighted by Crippen LogP contribution is -2.08. The summed E-state index contributed by atoms with van der Waals surface area (Å²) in [7, 11) is 0. The minimum absolute atomic E-state index is 0.547. The average Bonchev–Trinajstić information content (AvgIpc) is 2.76. The van der Waals surface area contributed by atoms with Crippen LogP contribution in [0.3, 0.4) is 0 Å². The first kappa shape index (κ1) is 8.47. The van der Waals surface area contributed by atoms with Gasteiger partial charge in [0.05, 0.1) is 12.2 Å². The first-order valence-corrected chi connectivity index (χ1v) is 5.01. The first-order chi connectivity index (χ1) is 6.40. The van der Waals surface area contributed by atoms with Crippen LogP contribution in [0.2, 0.25) is 0 Å². The molecule has 2 rings (SSSR count). The summed E-state index contributed by atoms with van der Waals surface area (Å²) in [6.07, 6.45) is 1.79. The molecular weight excluding hydrogens is 182 g/mol. The summed E-state index contributed by atoms with van der Waals surface area (Å²) in [5.74, 6) is 0. The van der Waals surface area contributed by atoms with E-state index in [0.717, 1.165) is 12.2 Å². The molecule has 0 fully saturated rings. The van der Waals surface area contributed by atoms with Crippen molar-refractivity contribution in [2.24, 2.45) is 5.73 Å². The van der Waals surface area contributed by atoms with Crippen LogP contribution >= 0.6 is 11.3 Å². The third-order valence-electron chi connectivity index (χ3n) is 1.90. The van der Waals surface area contributed by atoms with E-state index >= 15 is 0 Å². The van der Waals surface area contributed by atoms with Gasteiger partial charge in [-0.3, -0.25) is 4.68 Å². The van der Waals surface area contributed by atoms with E-state index in [1.54, 1.807) is 17.5 Å². The number of thiophene rings is 1. The van der Waals surface area contributed by atoms with Gasteiger partial charge in [0.1, 0.15) is 0 Å². The predicted molar refractivity (Wildman–Crippen MR) is 53.5 cm³/mol. The van der Waals surface area contributed by atoms with Crippen molar-refractivity contribution in [3.8, 4) is 0 Å². The van der Waals surface area contributed by atoms with Crippen LogP contribution in [0.25, 0.3) is 0 Å². The molecule has 0 radical (unpaired) electrons. The van der Waals surface area contributed by atoms with Crippen molar-refractivity contribution in [2.75, 3.05) is 0 Å². The average molecular weight is 193 g/mol. The zero-order valence-electron chi connectivity index (χ0n) is 7.18. The summed E-state index contributed by atoms with van der Waals surface area (Å²) >= 11 is 1.74. The van der Waals surface area contributed by atoms with Crippen molar-refractivity contribution in [1.29, 1.82) is 0 Å². The van der Waals surface area contributed by atoms with Gasteiger partial charge in [0, 0.05) is 17.6 Å². The first-order valence-electron chi connectivity index (χ1n) is 4.13. The maximum Gasteiger partial charge on any atom is 0.0755 e. The minimum Gasteiger partial charge on any atom is -0.325 e. The molecule has 0 saturated carbocycles. The van der Waals surface area contributed by atoms with E-state index in [1.165, 1.54) is 4.88 Å². The highest BCUT2D eigenvalue weighted by Gasteiger charge is 2.01. The van der Waals surface area contributed by atoms with Crippen molar-refractivity contribution >= 4 is 11.3 Å². The number of rotatable bonds is 3. The van der Waals surface area contributed by atoms with Crippen LogP contribution < -0.4 is 5.73 Å².